The molecule has 12 heavy (non-hydrogen) atoms. The van der Waals surface area contributed by atoms with Crippen LogP contribution in [0.25, 0.3) is 0 Å². The summed E-state index contributed by atoms with van der Waals surface area (Å²) in [4.78, 5) is 18.2. The van der Waals surface area contributed by atoms with Gasteiger partial charge in [-0.1, -0.05) is 13.8 Å². The standard InChI is InChI=1S/C5H11N.C2H2O4/c1-5(2)3-6-4-5;3-1(4)2(5)6/h6H,3-4H2,1-2H3;(H,3,4)(H,5,6). The largest absolute Gasteiger partial charge is 0.473 e. The molecular weight excluding hydrogens is 162 g/mol. The summed E-state index contributed by atoms with van der Waals surface area (Å²) < 4.78 is 0. The van der Waals surface area contributed by atoms with E-state index in [9.17, 15) is 0 Å². The lowest BCUT2D eigenvalue weighted by atomic mass is 9.87. The van der Waals surface area contributed by atoms with Crippen LogP contribution in [0.1, 0.15) is 13.8 Å². The normalized spacial score (nSPS) is 18.2. The molecule has 5 heteroatoms. The Morgan fingerprint density at radius 3 is 1.42 bits per heavy atom. The minimum Gasteiger partial charge on any atom is -0.473 e. The Balaban J connectivity index is 0.000000202. The van der Waals surface area contributed by atoms with E-state index in [4.69, 9.17) is 19.8 Å². The summed E-state index contributed by atoms with van der Waals surface area (Å²) in [7, 11) is 0. The topological polar surface area (TPSA) is 86.6 Å². The molecule has 0 saturated carbocycles. The number of carboxylic acids is 2. The number of rotatable bonds is 0. The maximum Gasteiger partial charge on any atom is 0.414 e. The predicted octanol–water partition coefficient (Wildman–Crippen LogP) is -0.229. The van der Waals surface area contributed by atoms with E-state index in [0.717, 1.165) is 0 Å². The molecule has 1 aliphatic rings. The third-order valence-corrected chi connectivity index (χ3v) is 1.39. The van der Waals surface area contributed by atoms with Gasteiger partial charge in [0, 0.05) is 13.1 Å². The van der Waals surface area contributed by atoms with Crippen LogP contribution in [0.5, 0.6) is 0 Å². The second-order valence-corrected chi connectivity index (χ2v) is 3.38. The lowest BCUT2D eigenvalue weighted by Crippen LogP contribution is -2.49. The highest BCUT2D eigenvalue weighted by Crippen LogP contribution is 2.18. The Morgan fingerprint density at radius 1 is 1.17 bits per heavy atom. The summed E-state index contributed by atoms with van der Waals surface area (Å²) >= 11 is 0. The second-order valence-electron chi connectivity index (χ2n) is 3.38. The van der Waals surface area contributed by atoms with E-state index < -0.39 is 11.9 Å². The Hall–Kier alpha value is -1.10. The van der Waals surface area contributed by atoms with Crippen molar-refractivity contribution in [1.82, 2.24) is 5.32 Å². The molecule has 5 nitrogen and oxygen atoms in total. The van der Waals surface area contributed by atoms with Crippen molar-refractivity contribution in [3.8, 4) is 0 Å². The minimum atomic E-state index is -1.82. The van der Waals surface area contributed by atoms with Crippen LogP contribution in [0, 0.1) is 5.41 Å². The van der Waals surface area contributed by atoms with Crippen LogP contribution in [-0.4, -0.2) is 35.2 Å². The van der Waals surface area contributed by atoms with Crippen LogP contribution in [0.2, 0.25) is 0 Å². The van der Waals surface area contributed by atoms with Crippen molar-refractivity contribution in [2.45, 2.75) is 13.8 Å². The minimum absolute atomic E-state index is 0.611. The van der Waals surface area contributed by atoms with Gasteiger partial charge in [0.15, 0.2) is 0 Å². The van der Waals surface area contributed by atoms with Crippen molar-refractivity contribution in [3.63, 3.8) is 0 Å². The average Bonchev–Trinajstić information content (AvgIpc) is 1.86. The first-order valence-corrected chi connectivity index (χ1v) is 3.52. The van der Waals surface area contributed by atoms with Crippen LogP contribution in [0.3, 0.4) is 0 Å². The Labute approximate surface area is 70.4 Å². The molecule has 0 unspecified atom stereocenters. The highest BCUT2D eigenvalue weighted by Gasteiger charge is 2.24. The fourth-order valence-corrected chi connectivity index (χ4v) is 0.625. The molecule has 1 aliphatic heterocycles. The van der Waals surface area contributed by atoms with Crippen LogP contribution < -0.4 is 5.32 Å². The van der Waals surface area contributed by atoms with Crippen molar-refractivity contribution in [3.05, 3.63) is 0 Å². The first-order chi connectivity index (χ1) is 5.35. The van der Waals surface area contributed by atoms with E-state index in [1.807, 2.05) is 0 Å². The van der Waals surface area contributed by atoms with Crippen molar-refractivity contribution in [2.75, 3.05) is 13.1 Å². The quantitative estimate of drug-likeness (QED) is 0.443. The zero-order valence-electron chi connectivity index (χ0n) is 7.13. The molecule has 1 heterocycles. The van der Waals surface area contributed by atoms with Gasteiger partial charge in [0.05, 0.1) is 0 Å². The summed E-state index contributed by atoms with van der Waals surface area (Å²) in [6.45, 7) is 6.94. The fourth-order valence-electron chi connectivity index (χ4n) is 0.625. The van der Waals surface area contributed by atoms with E-state index in [-0.39, 0.29) is 0 Å². The van der Waals surface area contributed by atoms with Crippen LogP contribution in [0.4, 0.5) is 0 Å². The molecule has 0 aromatic heterocycles. The van der Waals surface area contributed by atoms with Gasteiger partial charge in [0.1, 0.15) is 0 Å². The molecule has 1 saturated heterocycles. The third kappa shape index (κ3) is 4.68. The third-order valence-electron chi connectivity index (χ3n) is 1.39. The van der Waals surface area contributed by atoms with E-state index in [0.29, 0.717) is 5.41 Å². The molecule has 0 atom stereocenters. The predicted molar refractivity (Wildman–Crippen MR) is 41.9 cm³/mol. The molecule has 0 aromatic carbocycles. The molecule has 1 fully saturated rings. The summed E-state index contributed by atoms with van der Waals surface area (Å²) in [5, 5.41) is 18.0. The van der Waals surface area contributed by atoms with E-state index in [1.54, 1.807) is 0 Å². The summed E-state index contributed by atoms with van der Waals surface area (Å²) in [5.74, 6) is -3.65. The molecule has 0 aromatic rings. The molecule has 0 aliphatic carbocycles. The highest BCUT2D eigenvalue weighted by molar-refractivity contribution is 6.27. The SMILES string of the molecule is CC1(C)CNC1.O=C(O)C(=O)O. The van der Waals surface area contributed by atoms with Gasteiger partial charge in [0.2, 0.25) is 0 Å². The summed E-state index contributed by atoms with van der Waals surface area (Å²) in [6, 6.07) is 0. The van der Waals surface area contributed by atoms with Crippen molar-refractivity contribution >= 4 is 11.9 Å². The van der Waals surface area contributed by atoms with Gasteiger partial charge in [-0.15, -0.1) is 0 Å². The van der Waals surface area contributed by atoms with Crippen molar-refractivity contribution < 1.29 is 19.8 Å². The van der Waals surface area contributed by atoms with Crippen LogP contribution in [0.15, 0.2) is 0 Å². The second kappa shape index (κ2) is 4.06. The molecule has 0 amide bonds. The van der Waals surface area contributed by atoms with Gasteiger partial charge in [-0.05, 0) is 5.41 Å². The highest BCUT2D eigenvalue weighted by atomic mass is 16.4. The number of nitrogens with one attached hydrogen (secondary N) is 1. The van der Waals surface area contributed by atoms with Crippen LogP contribution in [-0.2, 0) is 9.59 Å². The molecule has 0 bridgehead atoms. The smallest absolute Gasteiger partial charge is 0.414 e. The molecule has 70 valence electrons. The average molecular weight is 175 g/mol. The van der Waals surface area contributed by atoms with Crippen molar-refractivity contribution in [2.24, 2.45) is 5.41 Å². The lowest BCUT2D eigenvalue weighted by Gasteiger charge is -2.35. The summed E-state index contributed by atoms with van der Waals surface area (Å²) in [6.07, 6.45) is 0. The fraction of sp³-hybridized carbons (Fsp3) is 0.714. The monoisotopic (exact) mass is 175 g/mol. The zero-order valence-corrected chi connectivity index (χ0v) is 7.13. The molecule has 3 N–H and O–H groups in total. The molecule has 0 radical (unpaired) electrons. The maximum atomic E-state index is 9.10. The number of carboxylic acid groups (broad SMARTS) is 2. The van der Waals surface area contributed by atoms with Gasteiger partial charge >= 0.3 is 11.9 Å². The molecule has 1 rings (SSSR count). The Bertz CT molecular complexity index is 170. The van der Waals surface area contributed by atoms with Gasteiger partial charge in [0.25, 0.3) is 0 Å². The van der Waals surface area contributed by atoms with Gasteiger partial charge in [-0.25, -0.2) is 9.59 Å². The van der Waals surface area contributed by atoms with Gasteiger partial charge < -0.3 is 15.5 Å². The molecular formula is C7H13NO4. The number of carbonyl (C=O) groups is 2. The lowest BCUT2D eigenvalue weighted by molar-refractivity contribution is -0.159. The van der Waals surface area contributed by atoms with E-state index in [1.165, 1.54) is 13.1 Å². The number of aliphatic carboxylic acids is 2. The van der Waals surface area contributed by atoms with Crippen molar-refractivity contribution in [1.29, 1.82) is 0 Å². The summed E-state index contributed by atoms with van der Waals surface area (Å²) in [5.41, 5.74) is 0.611. The number of hydrogen-bond acceptors (Lipinski definition) is 3. The number of hydrogen-bond donors (Lipinski definition) is 3. The maximum absolute atomic E-state index is 9.10. The zero-order chi connectivity index (χ0) is 9.78. The molecule has 0 spiro atoms. The van der Waals surface area contributed by atoms with Crippen LogP contribution >= 0.6 is 0 Å². The van der Waals surface area contributed by atoms with Gasteiger partial charge in [-0.3, -0.25) is 0 Å². The Kier molecular flexibility index (Phi) is 3.69. The van der Waals surface area contributed by atoms with E-state index >= 15 is 0 Å². The first kappa shape index (κ1) is 10.9. The van der Waals surface area contributed by atoms with Gasteiger partial charge in [-0.2, -0.15) is 0 Å². The van der Waals surface area contributed by atoms with E-state index in [2.05, 4.69) is 19.2 Å². The first-order valence-electron chi connectivity index (χ1n) is 3.52. The Morgan fingerprint density at radius 2 is 1.42 bits per heavy atom.